The van der Waals surface area contributed by atoms with Gasteiger partial charge in [-0.15, -0.1) is 0 Å². The predicted molar refractivity (Wildman–Crippen MR) is 225 cm³/mol. The predicted octanol–water partition coefficient (Wildman–Crippen LogP) is 2.56. The minimum Gasteiger partial charge on any atom is -0.399 e. The number of nitrogen functional groups attached to an aromatic ring is 1. The molecule has 18 nitrogen and oxygen atoms in total. The SMILES string of the molecule is CCC(CC)c1cc(N)n2nccc2n1.CN(C(=O)c1cccc(NC/C(N)=C/N(N)CCOCCOCCOCCNC2CCCC2)c1C=O)C1CCC(=O)NC1=O. The highest BCUT2D eigenvalue weighted by molar-refractivity contribution is 6.07. The van der Waals surface area contributed by atoms with Gasteiger partial charge in [0.1, 0.15) is 11.9 Å². The van der Waals surface area contributed by atoms with Crippen molar-refractivity contribution >= 4 is 41.2 Å². The normalized spacial score (nSPS) is 15.9. The molecule has 1 aliphatic carbocycles. The summed E-state index contributed by atoms with van der Waals surface area (Å²) in [5.74, 6) is 5.73. The fraction of sp³-hybridized carbons (Fsp3) is 0.561. The van der Waals surface area contributed by atoms with Gasteiger partial charge in [-0.25, -0.2) is 10.8 Å². The maximum atomic E-state index is 13.2. The molecule has 18 heteroatoms. The van der Waals surface area contributed by atoms with Crippen molar-refractivity contribution < 1.29 is 33.4 Å². The Labute approximate surface area is 346 Å². The molecule has 9 N–H and O–H groups in total. The monoisotopic (exact) mass is 821 g/mol. The van der Waals surface area contributed by atoms with E-state index in [2.05, 4.69) is 39.9 Å². The summed E-state index contributed by atoms with van der Waals surface area (Å²) in [5.41, 5.74) is 15.0. The van der Waals surface area contributed by atoms with Gasteiger partial charge in [-0.1, -0.05) is 32.8 Å². The summed E-state index contributed by atoms with van der Waals surface area (Å²) in [6, 6.07) is 8.44. The Morgan fingerprint density at radius 2 is 1.73 bits per heavy atom. The molecule has 59 heavy (non-hydrogen) atoms. The van der Waals surface area contributed by atoms with E-state index in [9.17, 15) is 19.2 Å². The topological polar surface area (TPSA) is 247 Å². The fourth-order valence-electron chi connectivity index (χ4n) is 6.99. The summed E-state index contributed by atoms with van der Waals surface area (Å²) >= 11 is 0. The van der Waals surface area contributed by atoms with Gasteiger partial charge in [0.05, 0.1) is 70.1 Å². The number of likely N-dealkylation sites (N-methyl/N-ethyl adjacent to an activating group) is 1. The van der Waals surface area contributed by atoms with Crippen LogP contribution in [0.3, 0.4) is 0 Å². The lowest BCUT2D eigenvalue weighted by Crippen LogP contribution is -2.53. The first-order valence-corrected chi connectivity index (χ1v) is 20.5. The van der Waals surface area contributed by atoms with Gasteiger partial charge in [0.25, 0.3) is 5.91 Å². The number of ether oxygens (including phenoxy) is 3. The third-order valence-corrected chi connectivity index (χ3v) is 10.3. The molecular formula is C41H63N11O7. The standard InChI is InChI=1S/C30H47N7O7.C11H16N4/c1-36(27-9-10-28(39)35-29(27)40)30(41)24-7-4-8-26(25(24)21-38)34-19-22(31)20-37(32)12-14-43-16-18-44-17-15-42-13-11-33-23-5-2-3-6-23;1-3-8(4-2)9-7-10(12)15-11(14-9)5-6-13-15/h4,7-8,20-21,23,27,33-34H,2-3,5-6,9-19,31-32H2,1H3,(H,35,39,40);5-8H,3-4,12H2,1-2H3/b22-20-;. The highest BCUT2D eigenvalue weighted by Gasteiger charge is 2.33. The Hall–Kier alpha value is -5.14. The molecule has 0 bridgehead atoms. The van der Waals surface area contributed by atoms with Crippen LogP contribution in [0.1, 0.15) is 97.5 Å². The number of hydrazine groups is 1. The Morgan fingerprint density at radius 3 is 2.41 bits per heavy atom. The number of hydrogen-bond donors (Lipinski definition) is 6. The summed E-state index contributed by atoms with van der Waals surface area (Å²) < 4.78 is 18.3. The number of imide groups is 1. The number of carbonyl (C=O) groups excluding carboxylic acids is 4. The lowest BCUT2D eigenvalue weighted by atomic mass is 9.99. The number of benzene rings is 1. The van der Waals surface area contributed by atoms with Gasteiger partial charge in [-0.2, -0.15) is 9.61 Å². The minimum atomic E-state index is -0.806. The Kier molecular flexibility index (Phi) is 19.5. The number of aromatic nitrogens is 3. The number of nitrogens with one attached hydrogen (secondary N) is 3. The van der Waals surface area contributed by atoms with Crippen molar-refractivity contribution in [2.45, 2.75) is 83.2 Å². The number of aldehydes is 1. The minimum absolute atomic E-state index is 0.126. The van der Waals surface area contributed by atoms with Crippen molar-refractivity contribution in [1.82, 2.24) is 35.1 Å². The number of rotatable bonds is 23. The molecule has 1 aromatic carbocycles. The fourth-order valence-corrected chi connectivity index (χ4v) is 6.99. The Morgan fingerprint density at radius 1 is 1.03 bits per heavy atom. The number of nitrogens with zero attached hydrogens (tertiary/aromatic N) is 5. The van der Waals surface area contributed by atoms with E-state index in [4.69, 9.17) is 31.5 Å². The largest absolute Gasteiger partial charge is 0.399 e. The van der Waals surface area contributed by atoms with Gasteiger partial charge in [0.2, 0.25) is 11.8 Å². The van der Waals surface area contributed by atoms with Crippen LogP contribution in [-0.4, -0.2) is 127 Å². The maximum Gasteiger partial charge on any atom is 0.255 e. The average molecular weight is 822 g/mol. The van der Waals surface area contributed by atoms with E-state index in [1.807, 2.05) is 12.1 Å². The summed E-state index contributed by atoms with van der Waals surface area (Å²) in [6.07, 6.45) is 11.6. The summed E-state index contributed by atoms with van der Waals surface area (Å²) in [7, 11) is 1.47. The van der Waals surface area contributed by atoms with Crippen LogP contribution < -0.4 is 33.3 Å². The molecule has 3 heterocycles. The quantitative estimate of drug-likeness (QED) is 0.0265. The molecule has 1 aliphatic heterocycles. The Balaban J connectivity index is 0.000000425. The van der Waals surface area contributed by atoms with E-state index >= 15 is 0 Å². The third-order valence-electron chi connectivity index (χ3n) is 10.3. The lowest BCUT2D eigenvalue weighted by molar-refractivity contribution is -0.136. The molecular weight excluding hydrogens is 759 g/mol. The van der Waals surface area contributed by atoms with Gasteiger partial charge in [0.15, 0.2) is 11.9 Å². The van der Waals surface area contributed by atoms with Crippen LogP contribution in [-0.2, 0) is 23.8 Å². The number of anilines is 2. The second kappa shape index (κ2) is 24.7. The molecule has 324 valence electrons. The van der Waals surface area contributed by atoms with Crippen molar-refractivity contribution in [1.29, 1.82) is 0 Å². The molecule has 1 unspecified atom stereocenters. The van der Waals surface area contributed by atoms with E-state index in [1.54, 1.807) is 29.0 Å². The zero-order chi connectivity index (χ0) is 42.6. The van der Waals surface area contributed by atoms with Gasteiger partial charge >= 0.3 is 0 Å². The van der Waals surface area contributed by atoms with Crippen molar-refractivity contribution in [2.24, 2.45) is 11.6 Å². The first-order valence-electron chi connectivity index (χ1n) is 20.5. The molecule has 2 aliphatic rings. The number of carbonyl (C=O) groups is 4. The van der Waals surface area contributed by atoms with Crippen LogP contribution in [0.5, 0.6) is 0 Å². The van der Waals surface area contributed by atoms with Crippen LogP contribution in [0.15, 0.2) is 48.4 Å². The second-order valence-electron chi connectivity index (χ2n) is 14.6. The zero-order valence-electron chi connectivity index (χ0n) is 34.7. The van der Waals surface area contributed by atoms with Gasteiger partial charge < -0.3 is 46.2 Å². The molecule has 2 aromatic heterocycles. The highest BCUT2D eigenvalue weighted by Crippen LogP contribution is 2.24. The number of nitrogens with two attached hydrogens (primary N) is 3. The molecule has 3 amide bonds. The van der Waals surface area contributed by atoms with E-state index in [-0.39, 0.29) is 36.4 Å². The van der Waals surface area contributed by atoms with Gasteiger partial charge in [-0.3, -0.25) is 24.5 Å². The molecule has 2 fully saturated rings. The molecule has 3 aromatic rings. The maximum absolute atomic E-state index is 13.2. The first-order chi connectivity index (χ1) is 28.6. The van der Waals surface area contributed by atoms with Crippen LogP contribution in [0.2, 0.25) is 0 Å². The number of amides is 3. The molecule has 5 rings (SSSR count). The number of fused-ring (bicyclic) bond motifs is 1. The van der Waals surface area contributed by atoms with Crippen molar-refractivity contribution in [3.8, 4) is 0 Å². The van der Waals surface area contributed by atoms with E-state index in [0.29, 0.717) is 81.6 Å². The first kappa shape index (κ1) is 46.5. The van der Waals surface area contributed by atoms with Crippen LogP contribution in [0.4, 0.5) is 11.5 Å². The average Bonchev–Trinajstić information content (AvgIpc) is 3.94. The van der Waals surface area contributed by atoms with Crippen molar-refractivity contribution in [3.05, 3.63) is 65.2 Å². The lowest BCUT2D eigenvalue weighted by Gasteiger charge is -2.30. The summed E-state index contributed by atoms with van der Waals surface area (Å²) in [5, 5.41) is 14.3. The molecule has 0 spiro atoms. The van der Waals surface area contributed by atoms with E-state index < -0.39 is 17.9 Å². The van der Waals surface area contributed by atoms with Gasteiger partial charge in [-0.05, 0) is 44.2 Å². The molecule has 1 atom stereocenters. The molecule has 1 saturated carbocycles. The second-order valence-corrected chi connectivity index (χ2v) is 14.6. The number of hydrogen-bond acceptors (Lipinski definition) is 15. The van der Waals surface area contributed by atoms with Crippen molar-refractivity contribution in [3.63, 3.8) is 0 Å². The third kappa shape index (κ3) is 14.6. The summed E-state index contributed by atoms with van der Waals surface area (Å²) in [6.45, 7) is 8.79. The van der Waals surface area contributed by atoms with Crippen LogP contribution in [0.25, 0.3) is 5.65 Å². The number of piperidine rings is 1. The van der Waals surface area contributed by atoms with E-state index in [1.165, 1.54) is 48.7 Å². The summed E-state index contributed by atoms with van der Waals surface area (Å²) in [4.78, 5) is 54.6. The van der Waals surface area contributed by atoms with Crippen molar-refractivity contribution in [2.75, 3.05) is 77.4 Å². The zero-order valence-corrected chi connectivity index (χ0v) is 34.7. The van der Waals surface area contributed by atoms with Crippen LogP contribution >= 0.6 is 0 Å². The molecule has 0 radical (unpaired) electrons. The van der Waals surface area contributed by atoms with Gasteiger partial charge in [0, 0.05) is 67.4 Å². The smallest absolute Gasteiger partial charge is 0.255 e. The Bertz CT molecular complexity index is 1830. The van der Waals surface area contributed by atoms with E-state index in [0.717, 1.165) is 30.7 Å². The van der Waals surface area contributed by atoms with Crippen LogP contribution in [0, 0.1) is 0 Å². The molecule has 1 saturated heterocycles. The highest BCUT2D eigenvalue weighted by atomic mass is 16.5.